The Morgan fingerprint density at radius 1 is 0.514 bits per heavy atom. The minimum absolute atomic E-state index is 0.0341. The molecule has 436 valence electrons. The molecule has 0 bridgehead atoms. The molecule has 1 saturated heterocycles. The summed E-state index contributed by atoms with van der Waals surface area (Å²) >= 11 is 0. The number of ether oxygens (including phenoxy) is 4. The van der Waals surface area contributed by atoms with Crippen LogP contribution in [0.4, 0.5) is 0 Å². The highest BCUT2D eigenvalue weighted by Crippen LogP contribution is 2.26. The summed E-state index contributed by atoms with van der Waals surface area (Å²) in [5.41, 5.74) is 0. The van der Waals surface area contributed by atoms with Gasteiger partial charge in [0.15, 0.2) is 6.29 Å². The van der Waals surface area contributed by atoms with Crippen molar-refractivity contribution in [3.8, 4) is 0 Å². The Kier molecular flexibility index (Phi) is 49.5. The molecule has 74 heavy (non-hydrogen) atoms. The van der Waals surface area contributed by atoms with Crippen LogP contribution in [-0.4, -0.2) is 97.5 Å². The van der Waals surface area contributed by atoms with Crippen LogP contribution in [0.1, 0.15) is 284 Å². The number of carbonyl (C=O) groups is 1. The molecule has 4 N–H and O–H groups in total. The number of rotatable bonds is 55. The molecule has 6 atom stereocenters. The fourth-order valence-corrected chi connectivity index (χ4v) is 10.1. The second-order valence-corrected chi connectivity index (χ2v) is 22.4. The van der Waals surface area contributed by atoms with Crippen molar-refractivity contribution in [3.63, 3.8) is 0 Å². The summed E-state index contributed by atoms with van der Waals surface area (Å²) in [4.78, 5) is 13.0. The van der Waals surface area contributed by atoms with E-state index in [4.69, 9.17) is 18.9 Å². The van der Waals surface area contributed by atoms with Gasteiger partial charge in [-0.1, -0.05) is 262 Å². The first kappa shape index (κ1) is 70.3. The van der Waals surface area contributed by atoms with E-state index in [2.05, 4.69) is 54.5 Å². The number of aliphatic hydroxyl groups excluding tert-OH is 3. The van der Waals surface area contributed by atoms with Gasteiger partial charge in [-0.05, 0) is 51.4 Å². The van der Waals surface area contributed by atoms with E-state index >= 15 is 0 Å². The molecule has 1 aliphatic rings. The summed E-state index contributed by atoms with van der Waals surface area (Å²) in [5, 5.41) is 30.9. The fraction of sp³-hybridized carbons (Fsp3) is 0.885. The maximum atomic E-state index is 13.0. The van der Waals surface area contributed by atoms with E-state index in [1.54, 1.807) is 0 Å². The molecular weight excluding hydrogens is 957 g/mol. The Morgan fingerprint density at radius 3 is 1.30 bits per heavy atom. The lowest BCUT2D eigenvalue weighted by Crippen LogP contribution is -2.60. The van der Waals surface area contributed by atoms with Crippen molar-refractivity contribution >= 4 is 16.4 Å². The molecule has 0 amide bonds. The smallest absolute Gasteiger partial charge is 0.397 e. The van der Waals surface area contributed by atoms with Crippen molar-refractivity contribution in [2.45, 2.75) is 320 Å². The Hall–Kier alpha value is -1.68. The van der Waals surface area contributed by atoms with Crippen LogP contribution in [0.25, 0.3) is 0 Å². The van der Waals surface area contributed by atoms with Gasteiger partial charge in [0.2, 0.25) is 0 Å². The number of unbranched alkanes of at least 4 members (excludes halogenated alkanes) is 36. The average molecular weight is 1070 g/mol. The Bertz CT molecular complexity index is 1420. The van der Waals surface area contributed by atoms with Crippen LogP contribution < -0.4 is 0 Å². The number of allylic oxidation sites excluding steroid dienone is 6. The molecule has 1 heterocycles. The highest BCUT2D eigenvalue weighted by molar-refractivity contribution is 7.80. The van der Waals surface area contributed by atoms with Crippen molar-refractivity contribution in [2.24, 2.45) is 0 Å². The molecule has 12 nitrogen and oxygen atoms in total. The molecule has 0 aliphatic carbocycles. The molecule has 6 unspecified atom stereocenters. The number of esters is 1. The average Bonchev–Trinajstić information content (AvgIpc) is 3.38. The fourth-order valence-electron chi connectivity index (χ4n) is 9.62. The van der Waals surface area contributed by atoms with Crippen molar-refractivity contribution in [3.05, 3.63) is 36.5 Å². The zero-order chi connectivity index (χ0) is 53.8. The Balaban J connectivity index is 2.26. The van der Waals surface area contributed by atoms with Gasteiger partial charge in [-0.25, -0.2) is 4.18 Å². The quantitative estimate of drug-likeness (QED) is 0.0196. The third-order valence-corrected chi connectivity index (χ3v) is 14.7. The lowest BCUT2D eigenvalue weighted by Gasteiger charge is -2.41. The minimum Gasteiger partial charge on any atom is -0.457 e. The van der Waals surface area contributed by atoms with Gasteiger partial charge in [0.25, 0.3) is 0 Å². The van der Waals surface area contributed by atoms with E-state index in [0.29, 0.717) is 13.0 Å². The summed E-state index contributed by atoms with van der Waals surface area (Å²) in [6.07, 6.45) is 56.2. The van der Waals surface area contributed by atoms with Crippen molar-refractivity contribution < 1.29 is 56.2 Å². The first-order valence-corrected chi connectivity index (χ1v) is 32.1. The largest absolute Gasteiger partial charge is 0.457 e. The van der Waals surface area contributed by atoms with E-state index in [1.165, 1.54) is 186 Å². The van der Waals surface area contributed by atoms with Gasteiger partial charge in [-0.2, -0.15) is 8.42 Å². The zero-order valence-corrected chi connectivity index (χ0v) is 48.2. The molecule has 0 radical (unpaired) electrons. The van der Waals surface area contributed by atoms with Gasteiger partial charge in [0, 0.05) is 13.0 Å². The number of aliphatic hydroxyl groups is 3. The third-order valence-electron chi connectivity index (χ3n) is 14.3. The van der Waals surface area contributed by atoms with Crippen molar-refractivity contribution in [1.82, 2.24) is 0 Å². The van der Waals surface area contributed by atoms with Crippen LogP contribution in [0.3, 0.4) is 0 Å². The highest BCUT2D eigenvalue weighted by Gasteiger charge is 2.48. The Morgan fingerprint density at radius 2 is 0.892 bits per heavy atom. The summed E-state index contributed by atoms with van der Waals surface area (Å²) in [7, 11) is -5.07. The topological polar surface area (TPSA) is 178 Å². The maximum absolute atomic E-state index is 13.0. The van der Waals surface area contributed by atoms with Crippen LogP contribution >= 0.6 is 0 Å². The number of hydrogen-bond donors (Lipinski definition) is 4. The second-order valence-electron chi connectivity index (χ2n) is 21.3. The highest BCUT2D eigenvalue weighted by atomic mass is 32.3. The molecule has 0 spiro atoms. The molecular formula is C61H114O12S. The van der Waals surface area contributed by atoms with Crippen molar-refractivity contribution in [2.75, 3.05) is 26.4 Å². The summed E-state index contributed by atoms with van der Waals surface area (Å²) in [5.74, 6) is -0.406. The van der Waals surface area contributed by atoms with Gasteiger partial charge in [0.05, 0.1) is 19.8 Å². The molecule has 1 fully saturated rings. The van der Waals surface area contributed by atoms with Gasteiger partial charge in [0.1, 0.15) is 30.5 Å². The lowest BCUT2D eigenvalue weighted by atomic mass is 9.99. The maximum Gasteiger partial charge on any atom is 0.397 e. The standard InChI is InChI=1S/C61H114O12S/c1-3-5-7-9-11-13-15-17-19-21-23-25-26-27-28-29-31-33-35-37-39-41-43-45-47-49-51-69-53-55(54-70-61-59(65)60(73-74(66,67)68)58(64)56(52-62)72-61)71-57(63)50-48-46-44-42-40-38-36-34-32-30-24-22-20-18-16-14-12-10-8-6-4-2/h16,18,22,24,32,34,55-56,58-62,64-65H,3-15,17,19-21,23,25-31,33,35-54H2,1-2H3,(H,66,67,68)/b18-16-,24-22-,34-32-. The van der Waals surface area contributed by atoms with Crippen LogP contribution in [0.5, 0.6) is 0 Å². The zero-order valence-electron chi connectivity index (χ0n) is 47.4. The van der Waals surface area contributed by atoms with Crippen LogP contribution in [0.15, 0.2) is 36.5 Å². The lowest BCUT2D eigenvalue weighted by molar-refractivity contribution is -0.301. The SMILES string of the molecule is CCCCCCC/C=C\C/C=C\C/C=C\CCCCCCCCC(=O)OC(COCCCCCCCCCCCCCCCCCCCCCCCCCCCC)COC1OC(CO)C(O)C(OS(=O)(=O)O)C1O. The summed E-state index contributed by atoms with van der Waals surface area (Å²) in [6.45, 7) is 4.03. The van der Waals surface area contributed by atoms with Crippen LogP contribution in [-0.2, 0) is 38.3 Å². The summed E-state index contributed by atoms with van der Waals surface area (Å²) < 4.78 is 59.5. The first-order valence-electron chi connectivity index (χ1n) is 30.7. The van der Waals surface area contributed by atoms with Crippen molar-refractivity contribution in [1.29, 1.82) is 0 Å². The summed E-state index contributed by atoms with van der Waals surface area (Å²) in [6, 6.07) is 0. The van der Waals surface area contributed by atoms with Gasteiger partial charge in [-0.15, -0.1) is 0 Å². The van der Waals surface area contributed by atoms with Gasteiger partial charge < -0.3 is 34.3 Å². The molecule has 0 aromatic heterocycles. The predicted octanol–water partition coefficient (Wildman–Crippen LogP) is 15.7. The van der Waals surface area contributed by atoms with Gasteiger partial charge >= 0.3 is 16.4 Å². The molecule has 1 rings (SSSR count). The van der Waals surface area contributed by atoms with E-state index in [1.807, 2.05) is 0 Å². The first-order chi connectivity index (χ1) is 36.1. The molecule has 0 aromatic carbocycles. The minimum atomic E-state index is -5.07. The van der Waals surface area contributed by atoms with E-state index in [0.717, 1.165) is 70.6 Å². The van der Waals surface area contributed by atoms with E-state index in [9.17, 15) is 33.1 Å². The van der Waals surface area contributed by atoms with Crippen LogP contribution in [0.2, 0.25) is 0 Å². The predicted molar refractivity (Wildman–Crippen MR) is 304 cm³/mol. The molecule has 1 aliphatic heterocycles. The number of hydrogen-bond acceptors (Lipinski definition) is 11. The molecule has 13 heteroatoms. The van der Waals surface area contributed by atoms with E-state index < -0.39 is 59.8 Å². The Labute approximate surface area is 454 Å². The third kappa shape index (κ3) is 44.3. The number of carbonyl (C=O) groups excluding carboxylic acids is 1. The normalized spacial score (nSPS) is 18.9. The van der Waals surface area contributed by atoms with Crippen LogP contribution in [0, 0.1) is 0 Å². The monoisotopic (exact) mass is 1070 g/mol. The van der Waals surface area contributed by atoms with E-state index in [-0.39, 0.29) is 19.6 Å². The van der Waals surface area contributed by atoms with Gasteiger partial charge in [-0.3, -0.25) is 9.35 Å². The second kappa shape index (κ2) is 52.0. The molecule has 0 saturated carbocycles. The molecule has 0 aromatic rings.